The van der Waals surface area contributed by atoms with Crippen LogP contribution in [0, 0.1) is 12.8 Å². The summed E-state index contributed by atoms with van der Waals surface area (Å²) in [6, 6.07) is 0. The second kappa shape index (κ2) is 4.79. The first-order valence-electron chi connectivity index (χ1n) is 6.99. The number of fused-ring (bicyclic) bond motifs is 1. The minimum Gasteiger partial charge on any atom is -0.481 e. The van der Waals surface area contributed by atoms with Crippen molar-refractivity contribution < 1.29 is 9.90 Å². The molecular formula is C14H19N3O2. The third kappa shape index (κ3) is 2.29. The molecule has 5 heteroatoms. The molecular weight excluding hydrogens is 242 g/mol. The quantitative estimate of drug-likeness (QED) is 0.875. The summed E-state index contributed by atoms with van der Waals surface area (Å²) in [4.78, 5) is 22.4. The van der Waals surface area contributed by atoms with E-state index in [2.05, 4.69) is 14.9 Å². The van der Waals surface area contributed by atoms with E-state index in [4.69, 9.17) is 0 Å². The summed E-state index contributed by atoms with van der Waals surface area (Å²) in [7, 11) is 0. The second-order valence-corrected chi connectivity index (χ2v) is 5.50. The van der Waals surface area contributed by atoms with E-state index < -0.39 is 5.97 Å². The Hall–Kier alpha value is -1.65. The number of aliphatic carboxylic acids is 1. The number of nitrogens with zero attached hydrogens (tertiary/aromatic N) is 3. The standard InChI is InChI=1S/C14H19N3O2/c1-9-15-12-6-2-5-11(12)13(16-9)17-7-3-4-10(8-17)14(18)19/h10H,2-8H2,1H3,(H,18,19). The van der Waals surface area contributed by atoms with Gasteiger partial charge in [0.1, 0.15) is 11.6 Å². The first-order valence-corrected chi connectivity index (χ1v) is 6.99. The fourth-order valence-corrected chi connectivity index (χ4v) is 3.17. The molecule has 1 aliphatic carbocycles. The van der Waals surface area contributed by atoms with Crippen LogP contribution in [0.1, 0.15) is 36.3 Å². The van der Waals surface area contributed by atoms with E-state index >= 15 is 0 Å². The summed E-state index contributed by atoms with van der Waals surface area (Å²) in [5, 5.41) is 9.19. The van der Waals surface area contributed by atoms with Crippen molar-refractivity contribution in [3.05, 3.63) is 17.1 Å². The van der Waals surface area contributed by atoms with E-state index in [0.29, 0.717) is 6.54 Å². The average molecular weight is 261 g/mol. The van der Waals surface area contributed by atoms with Crippen LogP contribution in [0.2, 0.25) is 0 Å². The molecule has 3 rings (SSSR count). The van der Waals surface area contributed by atoms with Gasteiger partial charge in [-0.2, -0.15) is 0 Å². The Labute approximate surface area is 112 Å². The number of carboxylic acids is 1. The lowest BCUT2D eigenvalue weighted by Gasteiger charge is -2.32. The van der Waals surface area contributed by atoms with E-state index in [1.807, 2.05) is 6.92 Å². The molecule has 1 aromatic heterocycles. The molecule has 0 bridgehead atoms. The zero-order valence-corrected chi connectivity index (χ0v) is 11.2. The average Bonchev–Trinajstić information content (AvgIpc) is 2.85. The summed E-state index contributed by atoms with van der Waals surface area (Å²) in [5.74, 6) is 0.840. The van der Waals surface area contributed by atoms with Gasteiger partial charge < -0.3 is 10.0 Å². The third-order valence-corrected chi connectivity index (χ3v) is 4.09. The summed E-state index contributed by atoms with van der Waals surface area (Å²) in [6.07, 6.45) is 4.89. The molecule has 0 amide bonds. The van der Waals surface area contributed by atoms with Gasteiger partial charge in [-0.25, -0.2) is 9.97 Å². The topological polar surface area (TPSA) is 66.3 Å². The van der Waals surface area contributed by atoms with Crippen LogP contribution < -0.4 is 4.90 Å². The fraction of sp³-hybridized carbons (Fsp3) is 0.643. The van der Waals surface area contributed by atoms with Gasteiger partial charge in [-0.3, -0.25) is 4.79 Å². The van der Waals surface area contributed by atoms with Crippen LogP contribution in [0.3, 0.4) is 0 Å². The van der Waals surface area contributed by atoms with Crippen molar-refractivity contribution in [2.45, 2.75) is 39.0 Å². The molecule has 1 fully saturated rings. The molecule has 0 radical (unpaired) electrons. The monoisotopic (exact) mass is 261 g/mol. The number of aryl methyl sites for hydroxylation is 2. The molecule has 102 valence electrons. The number of piperidine rings is 1. The Morgan fingerprint density at radius 3 is 2.95 bits per heavy atom. The van der Waals surface area contributed by atoms with Gasteiger partial charge in [0.25, 0.3) is 0 Å². The maximum Gasteiger partial charge on any atom is 0.308 e. The van der Waals surface area contributed by atoms with Gasteiger partial charge >= 0.3 is 5.97 Å². The highest BCUT2D eigenvalue weighted by Gasteiger charge is 2.29. The van der Waals surface area contributed by atoms with Crippen molar-refractivity contribution in [1.29, 1.82) is 0 Å². The van der Waals surface area contributed by atoms with E-state index in [0.717, 1.165) is 50.3 Å². The lowest BCUT2D eigenvalue weighted by atomic mass is 9.98. The number of rotatable bonds is 2. The van der Waals surface area contributed by atoms with Crippen molar-refractivity contribution >= 4 is 11.8 Å². The maximum atomic E-state index is 11.2. The van der Waals surface area contributed by atoms with Crippen molar-refractivity contribution in [1.82, 2.24) is 9.97 Å². The number of aromatic nitrogens is 2. The summed E-state index contributed by atoms with van der Waals surface area (Å²) >= 11 is 0. The van der Waals surface area contributed by atoms with E-state index in [9.17, 15) is 9.90 Å². The van der Waals surface area contributed by atoms with E-state index in [1.165, 1.54) is 11.3 Å². The molecule has 19 heavy (non-hydrogen) atoms. The number of anilines is 1. The van der Waals surface area contributed by atoms with Gasteiger partial charge in [-0.15, -0.1) is 0 Å². The zero-order chi connectivity index (χ0) is 13.4. The molecule has 1 aromatic rings. The van der Waals surface area contributed by atoms with Crippen LogP contribution >= 0.6 is 0 Å². The predicted molar refractivity (Wildman–Crippen MR) is 71.4 cm³/mol. The number of hydrogen-bond donors (Lipinski definition) is 1. The highest BCUT2D eigenvalue weighted by molar-refractivity contribution is 5.71. The largest absolute Gasteiger partial charge is 0.481 e. The predicted octanol–water partition coefficient (Wildman–Crippen LogP) is 1.57. The summed E-state index contributed by atoms with van der Waals surface area (Å²) < 4.78 is 0. The number of carboxylic acid groups (broad SMARTS) is 1. The molecule has 2 heterocycles. The molecule has 1 N–H and O–H groups in total. The van der Waals surface area contributed by atoms with Gasteiger partial charge in [0.2, 0.25) is 0 Å². The van der Waals surface area contributed by atoms with Crippen molar-refractivity contribution in [2.75, 3.05) is 18.0 Å². The van der Waals surface area contributed by atoms with Gasteiger partial charge in [-0.05, 0) is 39.0 Å². The van der Waals surface area contributed by atoms with Gasteiger partial charge in [0.15, 0.2) is 0 Å². The normalized spacial score (nSPS) is 22.4. The van der Waals surface area contributed by atoms with Gasteiger partial charge in [-0.1, -0.05) is 0 Å². The fourth-order valence-electron chi connectivity index (χ4n) is 3.17. The molecule has 5 nitrogen and oxygen atoms in total. The number of hydrogen-bond acceptors (Lipinski definition) is 4. The van der Waals surface area contributed by atoms with E-state index in [-0.39, 0.29) is 5.92 Å². The SMILES string of the molecule is Cc1nc2c(c(N3CCCC(C(=O)O)C3)n1)CCC2. The Balaban J connectivity index is 1.91. The Morgan fingerprint density at radius 1 is 1.32 bits per heavy atom. The zero-order valence-electron chi connectivity index (χ0n) is 11.2. The smallest absolute Gasteiger partial charge is 0.308 e. The minimum atomic E-state index is -0.688. The summed E-state index contributed by atoms with van der Waals surface area (Å²) in [6.45, 7) is 3.41. The Kier molecular flexibility index (Phi) is 3.12. The maximum absolute atomic E-state index is 11.2. The van der Waals surface area contributed by atoms with Crippen molar-refractivity contribution in [3.63, 3.8) is 0 Å². The lowest BCUT2D eigenvalue weighted by Crippen LogP contribution is -2.39. The molecule has 1 aliphatic heterocycles. The molecule has 0 aromatic carbocycles. The highest BCUT2D eigenvalue weighted by atomic mass is 16.4. The third-order valence-electron chi connectivity index (χ3n) is 4.09. The molecule has 0 spiro atoms. The highest BCUT2D eigenvalue weighted by Crippen LogP contribution is 2.31. The minimum absolute atomic E-state index is 0.263. The van der Waals surface area contributed by atoms with Crippen LogP contribution in [0.25, 0.3) is 0 Å². The van der Waals surface area contributed by atoms with Crippen molar-refractivity contribution in [3.8, 4) is 0 Å². The van der Waals surface area contributed by atoms with Crippen LogP contribution in [-0.2, 0) is 17.6 Å². The molecule has 1 saturated heterocycles. The van der Waals surface area contributed by atoms with Gasteiger partial charge in [0, 0.05) is 24.3 Å². The second-order valence-electron chi connectivity index (χ2n) is 5.50. The first kappa shape index (κ1) is 12.4. The van der Waals surface area contributed by atoms with Crippen LogP contribution in [0.4, 0.5) is 5.82 Å². The van der Waals surface area contributed by atoms with Crippen molar-refractivity contribution in [2.24, 2.45) is 5.92 Å². The van der Waals surface area contributed by atoms with Gasteiger partial charge in [0.05, 0.1) is 5.92 Å². The Bertz CT molecular complexity index is 516. The molecule has 1 unspecified atom stereocenters. The molecule has 1 atom stereocenters. The van der Waals surface area contributed by atoms with Crippen LogP contribution in [0.5, 0.6) is 0 Å². The number of carbonyl (C=O) groups is 1. The van der Waals surface area contributed by atoms with E-state index in [1.54, 1.807) is 0 Å². The van der Waals surface area contributed by atoms with Crippen LogP contribution in [-0.4, -0.2) is 34.1 Å². The molecule has 2 aliphatic rings. The molecule has 0 saturated carbocycles. The first-order chi connectivity index (χ1) is 9.15. The lowest BCUT2D eigenvalue weighted by molar-refractivity contribution is -0.141. The Morgan fingerprint density at radius 2 is 2.16 bits per heavy atom. The van der Waals surface area contributed by atoms with Crippen LogP contribution in [0.15, 0.2) is 0 Å². The summed E-state index contributed by atoms with van der Waals surface area (Å²) in [5.41, 5.74) is 2.41.